The van der Waals surface area contributed by atoms with Crippen LogP contribution in [0.15, 0.2) is 17.8 Å². The molecule has 164 valence electrons. The summed E-state index contributed by atoms with van der Waals surface area (Å²) in [7, 11) is 0. The highest BCUT2D eigenvalue weighted by atomic mass is 19.3. The van der Waals surface area contributed by atoms with E-state index in [0.29, 0.717) is 41.5 Å². The Labute approximate surface area is 176 Å². The van der Waals surface area contributed by atoms with Gasteiger partial charge in [-0.1, -0.05) is 0 Å². The fourth-order valence-electron chi connectivity index (χ4n) is 3.88. The van der Waals surface area contributed by atoms with Crippen molar-refractivity contribution in [2.45, 2.75) is 56.5 Å². The number of hydrogen-bond acceptors (Lipinski definition) is 6. The molecule has 3 aliphatic rings. The van der Waals surface area contributed by atoms with Crippen LogP contribution in [0, 0.1) is 0 Å². The van der Waals surface area contributed by atoms with Gasteiger partial charge < -0.3 is 16.0 Å². The number of nitrogens with one attached hydrogen (secondary N) is 4. The van der Waals surface area contributed by atoms with Crippen molar-refractivity contribution in [3.63, 3.8) is 0 Å². The summed E-state index contributed by atoms with van der Waals surface area (Å²) in [5, 5.41) is 15.9. The van der Waals surface area contributed by atoms with Crippen LogP contribution in [0.2, 0.25) is 0 Å². The number of urea groups is 1. The number of carbonyl (C=O) groups excluding carboxylic acids is 2. The number of nitrogens with zero attached hydrogens (tertiary/aromatic N) is 3. The van der Waals surface area contributed by atoms with Crippen LogP contribution in [0.1, 0.15) is 44.1 Å². The number of alkyl halides is 2. The first-order valence-electron chi connectivity index (χ1n) is 10.5. The van der Waals surface area contributed by atoms with Crippen molar-refractivity contribution in [2.75, 3.05) is 17.2 Å². The number of fused-ring (bicyclic) bond motifs is 1. The Morgan fingerprint density at radius 2 is 1.87 bits per heavy atom. The summed E-state index contributed by atoms with van der Waals surface area (Å²) >= 11 is 0. The quantitative estimate of drug-likeness (QED) is 0.541. The molecule has 2 saturated carbocycles. The van der Waals surface area contributed by atoms with Gasteiger partial charge >= 0.3 is 6.03 Å². The second kappa shape index (κ2) is 7.47. The molecule has 0 atom stereocenters. The molecule has 5 rings (SSSR count). The maximum absolute atomic E-state index is 13.5. The molecular weight excluding hydrogens is 408 g/mol. The number of halogens is 2. The Kier molecular flexibility index (Phi) is 4.75. The minimum absolute atomic E-state index is 0.0765. The number of aromatic nitrogens is 3. The molecule has 1 aliphatic heterocycles. The number of hydrogen-bond donors (Lipinski definition) is 4. The standard InChI is InChI=1S/C20H23F2N7O2/c21-20(22)5-3-14(4-6-20)25-15-8-16(26-13-1-2-13)29-17(27-15)11(10-24-29)7-12-9-23-19(31)28-18(12)30/h7-8,10,13-14,26H,1-6,9H2,(H,25,27)(H2,23,28,30,31). The van der Waals surface area contributed by atoms with Crippen LogP contribution in [0.25, 0.3) is 11.7 Å². The predicted octanol–water partition coefficient (Wildman–Crippen LogP) is 2.52. The molecule has 3 heterocycles. The monoisotopic (exact) mass is 431 g/mol. The van der Waals surface area contributed by atoms with Gasteiger partial charge in [-0.15, -0.1) is 0 Å². The number of anilines is 2. The lowest BCUT2D eigenvalue weighted by Crippen LogP contribution is -2.47. The van der Waals surface area contributed by atoms with Gasteiger partial charge in [-0.3, -0.25) is 10.1 Å². The Balaban J connectivity index is 1.46. The first kappa shape index (κ1) is 19.7. The molecule has 31 heavy (non-hydrogen) atoms. The number of imide groups is 1. The maximum atomic E-state index is 13.5. The van der Waals surface area contributed by atoms with Crippen molar-refractivity contribution in [1.82, 2.24) is 25.2 Å². The highest BCUT2D eigenvalue weighted by Gasteiger charge is 2.35. The van der Waals surface area contributed by atoms with Crippen molar-refractivity contribution < 1.29 is 18.4 Å². The summed E-state index contributed by atoms with van der Waals surface area (Å²) in [6, 6.07) is 1.61. The summed E-state index contributed by atoms with van der Waals surface area (Å²) in [4.78, 5) is 28.1. The number of carbonyl (C=O) groups is 2. The van der Waals surface area contributed by atoms with E-state index in [1.165, 1.54) is 0 Å². The van der Waals surface area contributed by atoms with Gasteiger partial charge in [0.05, 0.1) is 6.20 Å². The lowest BCUT2D eigenvalue weighted by atomic mass is 9.92. The molecular formula is C20H23F2N7O2. The van der Waals surface area contributed by atoms with E-state index in [1.54, 1.807) is 16.8 Å². The van der Waals surface area contributed by atoms with Crippen LogP contribution in [-0.2, 0) is 4.79 Å². The zero-order valence-corrected chi connectivity index (χ0v) is 16.8. The van der Waals surface area contributed by atoms with E-state index in [1.807, 2.05) is 6.07 Å². The van der Waals surface area contributed by atoms with Crippen molar-refractivity contribution in [3.8, 4) is 0 Å². The van der Waals surface area contributed by atoms with Gasteiger partial charge in [0.2, 0.25) is 5.92 Å². The van der Waals surface area contributed by atoms with Gasteiger partial charge in [-0.2, -0.15) is 9.61 Å². The first-order valence-corrected chi connectivity index (χ1v) is 10.5. The normalized spacial score (nSPS) is 23.0. The fourth-order valence-corrected chi connectivity index (χ4v) is 3.88. The maximum Gasteiger partial charge on any atom is 0.321 e. The highest BCUT2D eigenvalue weighted by Crippen LogP contribution is 2.34. The second-order valence-corrected chi connectivity index (χ2v) is 8.36. The molecule has 4 N–H and O–H groups in total. The van der Waals surface area contributed by atoms with Gasteiger partial charge in [0.25, 0.3) is 5.91 Å². The second-order valence-electron chi connectivity index (χ2n) is 8.36. The largest absolute Gasteiger partial charge is 0.367 e. The molecule has 0 radical (unpaired) electrons. The van der Waals surface area contributed by atoms with Crippen LogP contribution in [0.4, 0.5) is 25.2 Å². The van der Waals surface area contributed by atoms with Crippen LogP contribution in [0.5, 0.6) is 0 Å². The van der Waals surface area contributed by atoms with Gasteiger partial charge in [0, 0.05) is 48.7 Å². The summed E-state index contributed by atoms with van der Waals surface area (Å²) in [6.45, 7) is 0.114. The lowest BCUT2D eigenvalue weighted by Gasteiger charge is -2.29. The summed E-state index contributed by atoms with van der Waals surface area (Å²) < 4.78 is 28.7. The molecule has 2 aliphatic carbocycles. The number of amides is 3. The molecule has 0 bridgehead atoms. The van der Waals surface area contributed by atoms with E-state index >= 15 is 0 Å². The molecule has 3 fully saturated rings. The van der Waals surface area contributed by atoms with Gasteiger partial charge in [0.1, 0.15) is 11.6 Å². The Morgan fingerprint density at radius 3 is 2.58 bits per heavy atom. The number of rotatable bonds is 5. The Bertz CT molecular complexity index is 1070. The van der Waals surface area contributed by atoms with Crippen molar-refractivity contribution >= 4 is 35.3 Å². The van der Waals surface area contributed by atoms with Gasteiger partial charge in [-0.05, 0) is 31.8 Å². The van der Waals surface area contributed by atoms with Gasteiger partial charge in [0.15, 0.2) is 5.65 Å². The third kappa shape index (κ3) is 4.30. The van der Waals surface area contributed by atoms with E-state index in [2.05, 4.69) is 31.3 Å². The molecule has 1 saturated heterocycles. The molecule has 11 heteroatoms. The van der Waals surface area contributed by atoms with Gasteiger partial charge in [-0.25, -0.2) is 18.6 Å². The predicted molar refractivity (Wildman–Crippen MR) is 110 cm³/mol. The molecule has 9 nitrogen and oxygen atoms in total. The average Bonchev–Trinajstić information content (AvgIpc) is 3.44. The zero-order valence-electron chi connectivity index (χ0n) is 16.8. The van der Waals surface area contributed by atoms with Crippen LogP contribution >= 0.6 is 0 Å². The third-order valence-electron chi connectivity index (χ3n) is 5.79. The van der Waals surface area contributed by atoms with E-state index in [4.69, 9.17) is 0 Å². The van der Waals surface area contributed by atoms with Crippen LogP contribution in [-0.4, -0.2) is 51.1 Å². The fraction of sp³-hybridized carbons (Fsp3) is 0.500. The SMILES string of the molecule is O=C1NCC(=Cc2cnn3c(NC4CC4)cc(NC4CCC(F)(F)CC4)nc23)C(=O)N1. The Morgan fingerprint density at radius 1 is 1.13 bits per heavy atom. The molecule has 3 amide bonds. The highest BCUT2D eigenvalue weighted by molar-refractivity contribution is 6.09. The van der Waals surface area contributed by atoms with Crippen molar-refractivity contribution in [1.29, 1.82) is 0 Å². The topological polar surface area (TPSA) is 112 Å². The minimum atomic E-state index is -2.59. The lowest BCUT2D eigenvalue weighted by molar-refractivity contribution is -0.116. The van der Waals surface area contributed by atoms with E-state index in [9.17, 15) is 18.4 Å². The van der Waals surface area contributed by atoms with E-state index in [0.717, 1.165) is 18.7 Å². The summed E-state index contributed by atoms with van der Waals surface area (Å²) in [6.07, 6.45) is 5.89. The Hall–Kier alpha value is -3.24. The van der Waals surface area contributed by atoms with E-state index in [-0.39, 0.29) is 25.4 Å². The van der Waals surface area contributed by atoms with Crippen molar-refractivity contribution in [2.24, 2.45) is 0 Å². The van der Waals surface area contributed by atoms with Crippen LogP contribution < -0.4 is 21.3 Å². The molecule has 2 aromatic rings. The summed E-state index contributed by atoms with van der Waals surface area (Å²) in [5.41, 5.74) is 1.55. The molecule has 0 aromatic carbocycles. The minimum Gasteiger partial charge on any atom is -0.367 e. The molecule has 0 spiro atoms. The average molecular weight is 431 g/mol. The van der Waals surface area contributed by atoms with Crippen molar-refractivity contribution in [3.05, 3.63) is 23.4 Å². The first-order chi connectivity index (χ1) is 14.9. The van der Waals surface area contributed by atoms with Crippen LogP contribution in [0.3, 0.4) is 0 Å². The third-order valence-corrected chi connectivity index (χ3v) is 5.79. The van der Waals surface area contributed by atoms with E-state index < -0.39 is 17.9 Å². The summed E-state index contributed by atoms with van der Waals surface area (Å²) in [5.74, 6) is -1.72. The zero-order chi connectivity index (χ0) is 21.6. The smallest absolute Gasteiger partial charge is 0.321 e. The molecule has 2 aromatic heterocycles. The molecule has 0 unspecified atom stereocenters.